The lowest BCUT2D eigenvalue weighted by molar-refractivity contribution is -0.135. The topological polar surface area (TPSA) is 97.0 Å². The van der Waals surface area contributed by atoms with Gasteiger partial charge in [0.1, 0.15) is 23.6 Å². The van der Waals surface area contributed by atoms with Gasteiger partial charge in [0.2, 0.25) is 5.91 Å². The van der Waals surface area contributed by atoms with E-state index in [0.717, 1.165) is 37.0 Å². The van der Waals surface area contributed by atoms with Crippen LogP contribution in [-0.2, 0) is 9.59 Å². The van der Waals surface area contributed by atoms with Crippen LogP contribution in [-0.4, -0.2) is 49.0 Å². The zero-order valence-electron chi connectivity index (χ0n) is 16.5. The summed E-state index contributed by atoms with van der Waals surface area (Å²) in [5.41, 5.74) is -0.495. The Bertz CT molecular complexity index is 775. The Kier molecular flexibility index (Phi) is 5.76. The van der Waals surface area contributed by atoms with Crippen molar-refractivity contribution in [3.8, 4) is 11.5 Å². The molecule has 8 heteroatoms. The molecule has 2 N–H and O–H groups in total. The van der Waals surface area contributed by atoms with Gasteiger partial charge in [-0.25, -0.2) is 4.79 Å². The van der Waals surface area contributed by atoms with E-state index in [4.69, 9.17) is 9.47 Å². The number of ether oxygens (including phenoxy) is 2. The minimum atomic E-state index is -0.935. The van der Waals surface area contributed by atoms with Gasteiger partial charge in [0.05, 0.1) is 19.9 Å². The van der Waals surface area contributed by atoms with E-state index in [9.17, 15) is 14.4 Å². The molecule has 1 aromatic carbocycles. The highest BCUT2D eigenvalue weighted by Crippen LogP contribution is 2.36. The smallest absolute Gasteiger partial charge is 0.325 e. The van der Waals surface area contributed by atoms with Crippen LogP contribution in [0.3, 0.4) is 0 Å². The minimum Gasteiger partial charge on any atom is -0.497 e. The van der Waals surface area contributed by atoms with Crippen LogP contribution < -0.4 is 20.1 Å². The second-order valence-corrected chi connectivity index (χ2v) is 7.47. The largest absolute Gasteiger partial charge is 0.497 e. The van der Waals surface area contributed by atoms with Gasteiger partial charge in [-0.1, -0.05) is 19.3 Å². The van der Waals surface area contributed by atoms with Crippen molar-refractivity contribution < 1.29 is 23.9 Å². The lowest BCUT2D eigenvalue weighted by Gasteiger charge is -2.34. The molecule has 1 saturated heterocycles. The highest BCUT2D eigenvalue weighted by molar-refractivity contribution is 6.10. The molecule has 1 aromatic rings. The Hall–Kier alpha value is -2.77. The molecule has 2 fully saturated rings. The van der Waals surface area contributed by atoms with Crippen molar-refractivity contribution in [1.82, 2.24) is 10.2 Å². The van der Waals surface area contributed by atoms with Gasteiger partial charge in [-0.2, -0.15) is 0 Å². The summed E-state index contributed by atoms with van der Waals surface area (Å²) in [6.45, 7) is 1.43. The summed E-state index contributed by atoms with van der Waals surface area (Å²) in [7, 11) is 3.02. The Labute approximate surface area is 164 Å². The first kappa shape index (κ1) is 20.0. The molecule has 8 nitrogen and oxygen atoms in total. The monoisotopic (exact) mass is 389 g/mol. The maximum absolute atomic E-state index is 13.0. The van der Waals surface area contributed by atoms with E-state index in [-0.39, 0.29) is 18.4 Å². The number of methoxy groups -OCH3 is 2. The average molecular weight is 389 g/mol. The molecule has 1 heterocycles. The zero-order chi connectivity index (χ0) is 20.3. The molecule has 1 aliphatic carbocycles. The van der Waals surface area contributed by atoms with Gasteiger partial charge < -0.3 is 20.1 Å². The Morgan fingerprint density at radius 2 is 1.93 bits per heavy atom. The van der Waals surface area contributed by atoms with Crippen LogP contribution in [0.4, 0.5) is 10.5 Å². The van der Waals surface area contributed by atoms with Gasteiger partial charge in [-0.15, -0.1) is 0 Å². The predicted molar refractivity (Wildman–Crippen MR) is 103 cm³/mol. The molecule has 3 rings (SSSR count). The number of hydrogen-bond donors (Lipinski definition) is 2. The fourth-order valence-corrected chi connectivity index (χ4v) is 4.05. The van der Waals surface area contributed by atoms with E-state index in [1.165, 1.54) is 14.2 Å². The minimum absolute atomic E-state index is 0.104. The quantitative estimate of drug-likeness (QED) is 0.729. The summed E-state index contributed by atoms with van der Waals surface area (Å²) >= 11 is 0. The van der Waals surface area contributed by atoms with E-state index < -0.39 is 17.5 Å². The maximum atomic E-state index is 13.0. The Morgan fingerprint density at radius 1 is 1.21 bits per heavy atom. The van der Waals surface area contributed by atoms with Crippen LogP contribution in [0.1, 0.15) is 39.0 Å². The molecule has 1 atom stereocenters. The number of nitrogens with zero attached hydrogens (tertiary/aromatic N) is 1. The summed E-state index contributed by atoms with van der Waals surface area (Å²) in [6, 6.07) is 4.46. The van der Waals surface area contributed by atoms with Gasteiger partial charge in [0, 0.05) is 6.07 Å². The van der Waals surface area contributed by atoms with E-state index in [0.29, 0.717) is 17.2 Å². The molecular weight excluding hydrogens is 362 g/mol. The van der Waals surface area contributed by atoms with Crippen LogP contribution >= 0.6 is 0 Å². The summed E-state index contributed by atoms with van der Waals surface area (Å²) < 4.78 is 10.4. The molecule has 28 heavy (non-hydrogen) atoms. The number of nitrogens with one attached hydrogen (secondary N) is 2. The van der Waals surface area contributed by atoms with Crippen molar-refractivity contribution in [1.29, 1.82) is 0 Å². The molecule has 0 aromatic heterocycles. The lowest BCUT2D eigenvalue weighted by atomic mass is 9.75. The molecular formula is C20H27N3O5. The Morgan fingerprint density at radius 3 is 2.57 bits per heavy atom. The van der Waals surface area contributed by atoms with E-state index in [2.05, 4.69) is 10.6 Å². The van der Waals surface area contributed by atoms with Crippen molar-refractivity contribution in [3.05, 3.63) is 18.2 Å². The van der Waals surface area contributed by atoms with Crippen LogP contribution in [0.25, 0.3) is 0 Å². The van der Waals surface area contributed by atoms with Gasteiger partial charge >= 0.3 is 6.03 Å². The molecule has 1 saturated carbocycles. The number of anilines is 1. The summed E-state index contributed by atoms with van der Waals surface area (Å²) in [4.78, 5) is 38.9. The number of urea groups is 1. The molecule has 0 bridgehead atoms. The van der Waals surface area contributed by atoms with Crippen molar-refractivity contribution in [2.75, 3.05) is 26.1 Å². The molecule has 0 spiro atoms. The van der Waals surface area contributed by atoms with Crippen LogP contribution in [0, 0.1) is 5.92 Å². The molecule has 2 aliphatic rings. The number of benzene rings is 1. The number of rotatable bonds is 6. The first-order valence-electron chi connectivity index (χ1n) is 9.55. The third-order valence-electron chi connectivity index (χ3n) is 5.71. The molecule has 4 amide bonds. The first-order valence-corrected chi connectivity index (χ1v) is 9.55. The number of hydrogen-bond acceptors (Lipinski definition) is 5. The first-order chi connectivity index (χ1) is 13.4. The SMILES string of the molecule is COc1ccc(NC(=O)CN2C(=O)N[C@](C)(C3CCCCC3)C2=O)c(OC)c1. The fourth-order valence-electron chi connectivity index (χ4n) is 4.05. The standard InChI is InChI=1S/C20H27N3O5/c1-20(13-7-5-4-6-8-13)18(25)23(19(26)22-20)12-17(24)21-15-10-9-14(27-2)11-16(15)28-3/h9-11,13H,4-8,12H2,1-3H3,(H,21,24)(H,22,26)/t20-/m1/s1. The van der Waals surface area contributed by atoms with Gasteiger partial charge in [-0.05, 0) is 37.8 Å². The summed E-state index contributed by atoms with van der Waals surface area (Å²) in [5, 5.41) is 5.52. The fraction of sp³-hybridized carbons (Fsp3) is 0.550. The van der Waals surface area contributed by atoms with Crippen LogP contribution in [0.5, 0.6) is 11.5 Å². The van der Waals surface area contributed by atoms with Gasteiger partial charge in [0.25, 0.3) is 5.91 Å². The Balaban J connectivity index is 1.69. The predicted octanol–water partition coefficient (Wildman–Crippen LogP) is 2.53. The van der Waals surface area contributed by atoms with Crippen molar-refractivity contribution >= 4 is 23.5 Å². The van der Waals surface area contributed by atoms with E-state index in [1.807, 2.05) is 0 Å². The lowest BCUT2D eigenvalue weighted by Crippen LogP contribution is -2.51. The van der Waals surface area contributed by atoms with E-state index >= 15 is 0 Å². The maximum Gasteiger partial charge on any atom is 0.325 e. The van der Waals surface area contributed by atoms with Gasteiger partial charge in [-0.3, -0.25) is 14.5 Å². The third kappa shape index (κ3) is 3.76. The number of carbonyl (C=O) groups is 3. The molecule has 1 aliphatic heterocycles. The van der Waals surface area contributed by atoms with Crippen LogP contribution in [0.15, 0.2) is 18.2 Å². The van der Waals surface area contributed by atoms with Crippen LogP contribution in [0.2, 0.25) is 0 Å². The average Bonchev–Trinajstić information content (AvgIpc) is 2.93. The number of carbonyl (C=O) groups excluding carboxylic acids is 3. The highest BCUT2D eigenvalue weighted by atomic mass is 16.5. The zero-order valence-corrected chi connectivity index (χ0v) is 16.5. The normalized spacial score (nSPS) is 22.8. The third-order valence-corrected chi connectivity index (χ3v) is 5.71. The summed E-state index contributed by atoms with van der Waals surface area (Å²) in [5.74, 6) is 0.317. The highest BCUT2D eigenvalue weighted by Gasteiger charge is 2.52. The number of amides is 4. The summed E-state index contributed by atoms with van der Waals surface area (Å²) in [6.07, 6.45) is 5.09. The molecule has 0 unspecified atom stereocenters. The second-order valence-electron chi connectivity index (χ2n) is 7.47. The molecule has 0 radical (unpaired) electrons. The van der Waals surface area contributed by atoms with Crippen molar-refractivity contribution in [3.63, 3.8) is 0 Å². The van der Waals surface area contributed by atoms with Crippen molar-refractivity contribution in [2.24, 2.45) is 5.92 Å². The number of imide groups is 1. The van der Waals surface area contributed by atoms with Gasteiger partial charge in [0.15, 0.2) is 0 Å². The second kappa shape index (κ2) is 8.08. The molecule has 152 valence electrons. The van der Waals surface area contributed by atoms with E-state index in [1.54, 1.807) is 25.1 Å². The van der Waals surface area contributed by atoms with Crippen molar-refractivity contribution in [2.45, 2.75) is 44.6 Å².